The van der Waals surface area contributed by atoms with Crippen LogP contribution in [-0.2, 0) is 6.42 Å². The van der Waals surface area contributed by atoms with Crippen LogP contribution < -0.4 is 5.32 Å². The summed E-state index contributed by atoms with van der Waals surface area (Å²) >= 11 is 0. The molecule has 0 amide bonds. The van der Waals surface area contributed by atoms with Crippen LogP contribution in [0.1, 0.15) is 37.3 Å². The summed E-state index contributed by atoms with van der Waals surface area (Å²) in [5.74, 6) is 0. The predicted octanol–water partition coefficient (Wildman–Crippen LogP) is 3.25. The highest BCUT2D eigenvalue weighted by molar-refractivity contribution is 5.22. The molecule has 1 unspecified atom stereocenters. The maximum Gasteiger partial charge on any atom is 0.00418 e. The van der Waals surface area contributed by atoms with E-state index in [2.05, 4.69) is 62.4 Å². The predicted molar refractivity (Wildman–Crippen MR) is 84.8 cm³/mol. The lowest BCUT2D eigenvalue weighted by molar-refractivity contribution is 0.387. The molecule has 1 atom stereocenters. The van der Waals surface area contributed by atoms with Crippen LogP contribution in [-0.4, -0.2) is 38.1 Å². The molecule has 0 aliphatic carbocycles. The molecule has 1 aromatic carbocycles. The summed E-state index contributed by atoms with van der Waals surface area (Å²) in [7, 11) is 4.27. The van der Waals surface area contributed by atoms with Gasteiger partial charge in [-0.1, -0.05) is 29.8 Å². The van der Waals surface area contributed by atoms with Crippen LogP contribution in [0, 0.1) is 6.92 Å². The van der Waals surface area contributed by atoms with E-state index in [0.717, 1.165) is 6.54 Å². The highest BCUT2D eigenvalue weighted by Gasteiger charge is 2.02. The van der Waals surface area contributed by atoms with E-state index in [4.69, 9.17) is 0 Å². The minimum absolute atomic E-state index is 0.611. The number of hydrogen-bond donors (Lipinski definition) is 1. The third-order valence-corrected chi connectivity index (χ3v) is 3.47. The Bertz CT molecular complexity index is 347. The lowest BCUT2D eigenvalue weighted by Gasteiger charge is -2.14. The van der Waals surface area contributed by atoms with Crippen molar-refractivity contribution in [3.63, 3.8) is 0 Å². The zero-order valence-corrected chi connectivity index (χ0v) is 13.1. The van der Waals surface area contributed by atoms with Crippen molar-refractivity contribution in [3.05, 3.63) is 35.4 Å². The number of hydrogen-bond acceptors (Lipinski definition) is 2. The molecule has 1 N–H and O–H groups in total. The maximum absolute atomic E-state index is 3.62. The zero-order valence-electron chi connectivity index (χ0n) is 13.1. The summed E-state index contributed by atoms with van der Waals surface area (Å²) in [5, 5.41) is 3.62. The summed E-state index contributed by atoms with van der Waals surface area (Å²) in [4.78, 5) is 2.25. The third-order valence-electron chi connectivity index (χ3n) is 3.47. The van der Waals surface area contributed by atoms with Crippen LogP contribution in [0.15, 0.2) is 24.3 Å². The molecule has 0 aliphatic heterocycles. The van der Waals surface area contributed by atoms with E-state index in [0.29, 0.717) is 6.04 Å². The molecule has 1 rings (SSSR count). The Balaban J connectivity index is 2.09. The number of nitrogens with one attached hydrogen (secondary N) is 1. The van der Waals surface area contributed by atoms with Gasteiger partial charge in [-0.05, 0) is 72.3 Å². The lowest BCUT2D eigenvalue weighted by atomic mass is 10.0. The molecule has 1 aromatic rings. The van der Waals surface area contributed by atoms with E-state index < -0.39 is 0 Å². The van der Waals surface area contributed by atoms with E-state index in [-0.39, 0.29) is 0 Å². The molecule has 108 valence electrons. The van der Waals surface area contributed by atoms with Crippen LogP contribution in [0.2, 0.25) is 0 Å². The SMILES string of the molecule is Cc1cccc(CCC(C)NCCCCN(C)C)c1. The van der Waals surface area contributed by atoms with Gasteiger partial charge in [-0.25, -0.2) is 0 Å². The van der Waals surface area contributed by atoms with Crippen LogP contribution in [0.4, 0.5) is 0 Å². The molecule has 0 saturated carbocycles. The van der Waals surface area contributed by atoms with Crippen molar-refractivity contribution in [2.75, 3.05) is 27.2 Å². The first-order valence-corrected chi connectivity index (χ1v) is 7.51. The molecule has 0 spiro atoms. The van der Waals surface area contributed by atoms with Crippen LogP contribution in [0.25, 0.3) is 0 Å². The Kier molecular flexibility index (Phi) is 7.76. The number of aryl methyl sites for hydroxylation is 2. The Morgan fingerprint density at radius 2 is 2.00 bits per heavy atom. The molecule has 19 heavy (non-hydrogen) atoms. The van der Waals surface area contributed by atoms with Gasteiger partial charge in [0, 0.05) is 6.04 Å². The lowest BCUT2D eigenvalue weighted by Crippen LogP contribution is -2.28. The first kappa shape index (κ1) is 16.2. The molecule has 2 heteroatoms. The Morgan fingerprint density at radius 1 is 1.21 bits per heavy atom. The van der Waals surface area contributed by atoms with Crippen molar-refractivity contribution in [1.82, 2.24) is 10.2 Å². The molecule has 0 radical (unpaired) electrons. The summed E-state index contributed by atoms with van der Waals surface area (Å²) < 4.78 is 0. The second-order valence-corrected chi connectivity index (χ2v) is 5.89. The topological polar surface area (TPSA) is 15.3 Å². The standard InChI is InChI=1S/C17H30N2/c1-15-8-7-9-17(14-15)11-10-16(2)18-12-5-6-13-19(3)4/h7-9,14,16,18H,5-6,10-13H2,1-4H3. The minimum atomic E-state index is 0.611. The van der Waals surface area contributed by atoms with Gasteiger partial charge < -0.3 is 10.2 Å². The number of benzene rings is 1. The Labute approximate surface area is 119 Å². The summed E-state index contributed by atoms with van der Waals surface area (Å²) in [5.41, 5.74) is 2.82. The Hall–Kier alpha value is -0.860. The van der Waals surface area contributed by atoms with E-state index in [1.807, 2.05) is 0 Å². The zero-order chi connectivity index (χ0) is 14.1. The van der Waals surface area contributed by atoms with E-state index in [9.17, 15) is 0 Å². The van der Waals surface area contributed by atoms with Gasteiger partial charge in [0.05, 0.1) is 0 Å². The molecule has 2 nitrogen and oxygen atoms in total. The molecule has 0 bridgehead atoms. The average Bonchev–Trinajstić information content (AvgIpc) is 2.35. The largest absolute Gasteiger partial charge is 0.314 e. The highest BCUT2D eigenvalue weighted by Crippen LogP contribution is 2.08. The van der Waals surface area contributed by atoms with Crippen molar-refractivity contribution < 1.29 is 0 Å². The summed E-state index contributed by atoms with van der Waals surface area (Å²) in [6, 6.07) is 9.46. The van der Waals surface area contributed by atoms with Gasteiger partial charge in [0.2, 0.25) is 0 Å². The fourth-order valence-corrected chi connectivity index (χ4v) is 2.25. The second kappa shape index (κ2) is 9.11. The van der Waals surface area contributed by atoms with Gasteiger partial charge in [0.25, 0.3) is 0 Å². The van der Waals surface area contributed by atoms with Crippen LogP contribution in [0.3, 0.4) is 0 Å². The van der Waals surface area contributed by atoms with E-state index in [1.165, 1.54) is 43.4 Å². The summed E-state index contributed by atoms with van der Waals surface area (Å²) in [6.45, 7) is 6.79. The first-order chi connectivity index (χ1) is 9.08. The second-order valence-electron chi connectivity index (χ2n) is 5.89. The highest BCUT2D eigenvalue weighted by atomic mass is 15.0. The minimum Gasteiger partial charge on any atom is -0.314 e. The van der Waals surface area contributed by atoms with Gasteiger partial charge >= 0.3 is 0 Å². The maximum atomic E-state index is 3.62. The number of unbranched alkanes of at least 4 members (excludes halogenated alkanes) is 1. The molecule has 0 heterocycles. The van der Waals surface area contributed by atoms with E-state index >= 15 is 0 Å². The van der Waals surface area contributed by atoms with Crippen LogP contribution >= 0.6 is 0 Å². The van der Waals surface area contributed by atoms with Gasteiger partial charge in [-0.3, -0.25) is 0 Å². The third kappa shape index (κ3) is 8.02. The normalized spacial score (nSPS) is 12.9. The van der Waals surface area contributed by atoms with Crippen molar-refractivity contribution in [1.29, 1.82) is 0 Å². The smallest absolute Gasteiger partial charge is 0.00418 e. The molecule has 0 fully saturated rings. The van der Waals surface area contributed by atoms with Gasteiger partial charge in [0.1, 0.15) is 0 Å². The monoisotopic (exact) mass is 262 g/mol. The van der Waals surface area contributed by atoms with E-state index in [1.54, 1.807) is 0 Å². The Morgan fingerprint density at radius 3 is 2.68 bits per heavy atom. The fourth-order valence-electron chi connectivity index (χ4n) is 2.25. The number of rotatable bonds is 9. The van der Waals surface area contributed by atoms with Gasteiger partial charge in [-0.15, -0.1) is 0 Å². The number of nitrogens with zero attached hydrogens (tertiary/aromatic N) is 1. The quantitative estimate of drug-likeness (QED) is 0.687. The van der Waals surface area contributed by atoms with Gasteiger partial charge in [-0.2, -0.15) is 0 Å². The summed E-state index contributed by atoms with van der Waals surface area (Å²) in [6.07, 6.45) is 4.95. The molecular formula is C17H30N2. The molecule has 0 saturated heterocycles. The fraction of sp³-hybridized carbons (Fsp3) is 0.647. The van der Waals surface area contributed by atoms with Crippen LogP contribution in [0.5, 0.6) is 0 Å². The van der Waals surface area contributed by atoms with Crippen molar-refractivity contribution in [2.24, 2.45) is 0 Å². The average molecular weight is 262 g/mol. The van der Waals surface area contributed by atoms with Crippen molar-refractivity contribution in [2.45, 2.75) is 45.6 Å². The van der Waals surface area contributed by atoms with Gasteiger partial charge in [0.15, 0.2) is 0 Å². The molecular weight excluding hydrogens is 232 g/mol. The first-order valence-electron chi connectivity index (χ1n) is 7.51. The van der Waals surface area contributed by atoms with Crippen molar-refractivity contribution in [3.8, 4) is 0 Å². The molecule has 0 aliphatic rings. The van der Waals surface area contributed by atoms with Crippen molar-refractivity contribution >= 4 is 0 Å². The molecule has 0 aromatic heterocycles.